The number of hydrogen-bond donors (Lipinski definition) is 1. The highest BCUT2D eigenvalue weighted by atomic mass is 19.3. The van der Waals surface area contributed by atoms with Gasteiger partial charge in [0.1, 0.15) is 5.60 Å². The molecule has 1 aliphatic rings. The molecule has 0 unspecified atom stereocenters. The molecular weight excluding hydrogens is 342 g/mol. The Morgan fingerprint density at radius 2 is 1.73 bits per heavy atom. The van der Waals surface area contributed by atoms with Gasteiger partial charge in [0.25, 0.3) is 5.91 Å². The number of carbonyl (C=O) groups excluding carboxylic acids is 2. The first kappa shape index (κ1) is 20.1. The third kappa shape index (κ3) is 5.97. The molecule has 144 valence electrons. The Kier molecular flexibility index (Phi) is 6.21. The third-order valence-corrected chi connectivity index (χ3v) is 4.08. The molecule has 2 amide bonds. The number of nitrogens with one attached hydrogen (secondary N) is 1. The standard InChI is InChI=1S/C19H26F2N2O3/c1-18(2,3)26-17(25)22-15-9-11-23(12-10-15)16(24)19(20,21)13-14-7-5-4-6-8-14/h4-8,15H,9-13H2,1-3H3,(H,22,25). The van der Waals surface area contributed by atoms with Gasteiger partial charge in [0.15, 0.2) is 0 Å². The van der Waals surface area contributed by atoms with Crippen LogP contribution >= 0.6 is 0 Å². The summed E-state index contributed by atoms with van der Waals surface area (Å²) in [6.45, 7) is 5.67. The molecule has 2 rings (SSSR count). The van der Waals surface area contributed by atoms with Crippen LogP contribution in [0, 0.1) is 0 Å². The number of alkyl carbamates (subject to hydrolysis) is 1. The van der Waals surface area contributed by atoms with Crippen LogP contribution in [0.3, 0.4) is 0 Å². The Hall–Kier alpha value is -2.18. The fraction of sp³-hybridized carbons (Fsp3) is 0.579. The van der Waals surface area contributed by atoms with Crippen LogP contribution in [0.15, 0.2) is 30.3 Å². The van der Waals surface area contributed by atoms with Gasteiger partial charge in [-0.15, -0.1) is 0 Å². The minimum absolute atomic E-state index is 0.184. The number of benzene rings is 1. The minimum atomic E-state index is -3.44. The summed E-state index contributed by atoms with van der Waals surface area (Å²) < 4.78 is 33.8. The number of halogens is 2. The second-order valence-electron chi connectivity index (χ2n) is 7.58. The zero-order valence-electron chi connectivity index (χ0n) is 15.4. The van der Waals surface area contributed by atoms with E-state index < -0.39 is 29.9 Å². The predicted octanol–water partition coefficient (Wildman–Crippen LogP) is 3.38. The molecule has 0 atom stereocenters. The topological polar surface area (TPSA) is 58.6 Å². The SMILES string of the molecule is CC(C)(C)OC(=O)NC1CCN(C(=O)C(F)(F)Cc2ccccc2)CC1. The number of rotatable bonds is 4. The molecule has 0 aliphatic carbocycles. The maximum absolute atomic E-state index is 14.3. The maximum Gasteiger partial charge on any atom is 0.407 e. The minimum Gasteiger partial charge on any atom is -0.444 e. The van der Waals surface area contributed by atoms with Crippen LogP contribution in [0.4, 0.5) is 13.6 Å². The summed E-state index contributed by atoms with van der Waals surface area (Å²) in [4.78, 5) is 25.2. The van der Waals surface area contributed by atoms with E-state index in [0.29, 0.717) is 18.4 Å². The summed E-state index contributed by atoms with van der Waals surface area (Å²) in [5, 5.41) is 2.73. The number of likely N-dealkylation sites (tertiary alicyclic amines) is 1. The lowest BCUT2D eigenvalue weighted by atomic mass is 10.0. The Morgan fingerprint density at radius 1 is 1.15 bits per heavy atom. The molecule has 0 radical (unpaired) electrons. The van der Waals surface area contributed by atoms with Crippen molar-refractivity contribution in [2.75, 3.05) is 13.1 Å². The number of amides is 2. The highest BCUT2D eigenvalue weighted by Gasteiger charge is 2.43. The lowest BCUT2D eigenvalue weighted by Crippen LogP contribution is -2.52. The highest BCUT2D eigenvalue weighted by Crippen LogP contribution is 2.25. The van der Waals surface area contributed by atoms with Gasteiger partial charge in [0.2, 0.25) is 0 Å². The van der Waals surface area contributed by atoms with Crippen molar-refractivity contribution in [3.8, 4) is 0 Å². The van der Waals surface area contributed by atoms with Crippen molar-refractivity contribution in [2.45, 2.75) is 57.6 Å². The molecule has 0 bridgehead atoms. The van der Waals surface area contributed by atoms with Gasteiger partial charge >= 0.3 is 12.0 Å². The molecular formula is C19H26F2N2O3. The van der Waals surface area contributed by atoms with Crippen LogP contribution in [0.25, 0.3) is 0 Å². The van der Waals surface area contributed by atoms with E-state index in [1.165, 1.54) is 4.90 Å². The summed E-state index contributed by atoms with van der Waals surface area (Å²) in [7, 11) is 0. The van der Waals surface area contributed by atoms with Crippen molar-refractivity contribution in [3.05, 3.63) is 35.9 Å². The lowest BCUT2D eigenvalue weighted by molar-refractivity contribution is -0.158. The third-order valence-electron chi connectivity index (χ3n) is 4.08. The van der Waals surface area contributed by atoms with E-state index in [1.807, 2.05) is 0 Å². The lowest BCUT2D eigenvalue weighted by Gasteiger charge is -2.34. The average Bonchev–Trinajstić information content (AvgIpc) is 2.53. The monoisotopic (exact) mass is 368 g/mol. The molecule has 7 heteroatoms. The molecule has 1 heterocycles. The first-order chi connectivity index (χ1) is 12.1. The van der Waals surface area contributed by atoms with Gasteiger partial charge in [-0.2, -0.15) is 8.78 Å². The molecule has 1 fully saturated rings. The maximum atomic E-state index is 14.3. The van der Waals surface area contributed by atoms with Gasteiger partial charge in [0, 0.05) is 25.6 Å². The van der Waals surface area contributed by atoms with E-state index >= 15 is 0 Å². The normalized spacial score (nSPS) is 16.3. The molecule has 0 saturated carbocycles. The number of hydrogen-bond acceptors (Lipinski definition) is 3. The largest absolute Gasteiger partial charge is 0.444 e. The van der Waals surface area contributed by atoms with Crippen LogP contribution in [-0.4, -0.2) is 47.6 Å². The van der Waals surface area contributed by atoms with Crippen molar-refractivity contribution < 1.29 is 23.1 Å². The van der Waals surface area contributed by atoms with Gasteiger partial charge < -0.3 is 15.0 Å². The van der Waals surface area contributed by atoms with Crippen LogP contribution in [0.1, 0.15) is 39.2 Å². The van der Waals surface area contributed by atoms with E-state index in [0.717, 1.165) is 0 Å². The second kappa shape index (κ2) is 8.01. The number of alkyl halides is 2. The summed E-state index contributed by atoms with van der Waals surface area (Å²) in [6.07, 6.45) is -0.293. The molecule has 0 aromatic heterocycles. The zero-order valence-corrected chi connectivity index (χ0v) is 15.4. The molecule has 1 aromatic carbocycles. The number of piperidine rings is 1. The number of nitrogens with zero attached hydrogens (tertiary/aromatic N) is 1. The number of carbonyl (C=O) groups is 2. The van der Waals surface area contributed by atoms with Crippen LogP contribution < -0.4 is 5.32 Å². The van der Waals surface area contributed by atoms with E-state index in [-0.39, 0.29) is 19.1 Å². The van der Waals surface area contributed by atoms with Crippen molar-refractivity contribution in [1.29, 1.82) is 0 Å². The van der Waals surface area contributed by atoms with Gasteiger partial charge in [-0.3, -0.25) is 4.79 Å². The molecule has 1 aliphatic heterocycles. The first-order valence-corrected chi connectivity index (χ1v) is 8.77. The summed E-state index contributed by atoms with van der Waals surface area (Å²) >= 11 is 0. The van der Waals surface area contributed by atoms with Crippen LogP contribution in [0.2, 0.25) is 0 Å². The van der Waals surface area contributed by atoms with E-state index in [2.05, 4.69) is 5.32 Å². The van der Waals surface area contributed by atoms with Gasteiger partial charge in [-0.05, 0) is 39.2 Å². The Balaban J connectivity index is 1.84. The smallest absolute Gasteiger partial charge is 0.407 e. The number of ether oxygens (including phenoxy) is 1. The van der Waals surface area contributed by atoms with Crippen molar-refractivity contribution in [3.63, 3.8) is 0 Å². The van der Waals surface area contributed by atoms with E-state index in [4.69, 9.17) is 4.74 Å². The zero-order chi connectivity index (χ0) is 19.4. The molecule has 0 spiro atoms. The quantitative estimate of drug-likeness (QED) is 0.886. The Labute approximate surface area is 152 Å². The van der Waals surface area contributed by atoms with Crippen molar-refractivity contribution in [2.24, 2.45) is 0 Å². The Bertz CT molecular complexity index is 621. The van der Waals surface area contributed by atoms with E-state index in [1.54, 1.807) is 51.1 Å². The van der Waals surface area contributed by atoms with Crippen LogP contribution in [0.5, 0.6) is 0 Å². The van der Waals surface area contributed by atoms with Gasteiger partial charge in [-0.1, -0.05) is 30.3 Å². The average molecular weight is 368 g/mol. The second-order valence-corrected chi connectivity index (χ2v) is 7.58. The highest BCUT2D eigenvalue weighted by molar-refractivity contribution is 5.84. The fourth-order valence-corrected chi connectivity index (χ4v) is 2.86. The predicted molar refractivity (Wildman–Crippen MR) is 94.1 cm³/mol. The molecule has 1 aromatic rings. The fourth-order valence-electron chi connectivity index (χ4n) is 2.86. The molecule has 1 N–H and O–H groups in total. The van der Waals surface area contributed by atoms with Crippen molar-refractivity contribution in [1.82, 2.24) is 10.2 Å². The Morgan fingerprint density at radius 3 is 2.27 bits per heavy atom. The molecule has 5 nitrogen and oxygen atoms in total. The summed E-state index contributed by atoms with van der Waals surface area (Å²) in [5.74, 6) is -4.59. The summed E-state index contributed by atoms with van der Waals surface area (Å²) in [5.41, 5.74) is -0.174. The van der Waals surface area contributed by atoms with Crippen molar-refractivity contribution >= 4 is 12.0 Å². The molecule has 1 saturated heterocycles. The van der Waals surface area contributed by atoms with Gasteiger partial charge in [0.05, 0.1) is 0 Å². The van der Waals surface area contributed by atoms with Crippen LogP contribution in [-0.2, 0) is 16.0 Å². The summed E-state index contributed by atoms with van der Waals surface area (Å²) in [6, 6.07) is 8.06. The van der Waals surface area contributed by atoms with Gasteiger partial charge in [-0.25, -0.2) is 4.79 Å². The van der Waals surface area contributed by atoms with E-state index in [9.17, 15) is 18.4 Å². The molecule has 26 heavy (non-hydrogen) atoms. The first-order valence-electron chi connectivity index (χ1n) is 8.77.